The van der Waals surface area contributed by atoms with Crippen LogP contribution < -0.4 is 5.32 Å². The van der Waals surface area contributed by atoms with Gasteiger partial charge in [0.2, 0.25) is 0 Å². The van der Waals surface area contributed by atoms with Crippen molar-refractivity contribution in [3.05, 3.63) is 35.7 Å². The predicted octanol–water partition coefficient (Wildman–Crippen LogP) is 3.54. The number of rotatable bonds is 6. The Kier molecular flexibility index (Phi) is 6.85. The van der Waals surface area contributed by atoms with Crippen LogP contribution in [0.1, 0.15) is 45.0 Å². The second kappa shape index (κ2) is 9.53. The minimum Gasteiger partial charge on any atom is -0.357 e. The number of nitrogens with zero attached hydrogens (tertiary/aromatic N) is 4. The summed E-state index contributed by atoms with van der Waals surface area (Å²) in [6.07, 6.45) is 4.27. The first kappa shape index (κ1) is 19.4. The largest absolute Gasteiger partial charge is 0.357 e. The number of aryl methyl sites for hydroxylation is 1. The monoisotopic (exact) mass is 369 g/mol. The van der Waals surface area contributed by atoms with Crippen molar-refractivity contribution in [2.45, 2.75) is 46.5 Å². The molecule has 1 aliphatic rings. The van der Waals surface area contributed by atoms with Crippen LogP contribution in [-0.4, -0.2) is 47.2 Å². The third-order valence-corrected chi connectivity index (χ3v) is 4.94. The van der Waals surface area contributed by atoms with Crippen molar-refractivity contribution in [1.82, 2.24) is 20.4 Å². The van der Waals surface area contributed by atoms with E-state index in [1.165, 1.54) is 18.4 Å². The molecule has 3 rings (SSSR count). The fraction of sp³-hybridized carbons (Fsp3) is 0.571. The first-order valence-electron chi connectivity index (χ1n) is 10.1. The van der Waals surface area contributed by atoms with Gasteiger partial charge in [-0.3, -0.25) is 4.99 Å². The maximum atomic E-state index is 5.30. The lowest BCUT2D eigenvalue weighted by Gasteiger charge is -2.33. The van der Waals surface area contributed by atoms with Crippen molar-refractivity contribution in [1.29, 1.82) is 0 Å². The third-order valence-electron chi connectivity index (χ3n) is 4.94. The number of hydrogen-bond donors (Lipinski definition) is 1. The molecule has 146 valence electrons. The molecule has 1 aromatic carbocycles. The smallest absolute Gasteiger partial charge is 0.257 e. The number of aromatic nitrogens is 2. The van der Waals surface area contributed by atoms with E-state index in [1.807, 2.05) is 19.1 Å². The molecular formula is C21H31N5O. The van der Waals surface area contributed by atoms with Crippen molar-refractivity contribution in [3.8, 4) is 11.5 Å². The fourth-order valence-corrected chi connectivity index (χ4v) is 3.43. The molecule has 0 saturated carbocycles. The lowest BCUT2D eigenvalue weighted by molar-refractivity contribution is 0.266. The fourth-order valence-electron chi connectivity index (χ4n) is 3.43. The quantitative estimate of drug-likeness (QED) is 0.623. The molecule has 1 fully saturated rings. The number of aliphatic imine (C=N–C) groups is 1. The maximum absolute atomic E-state index is 5.30. The van der Waals surface area contributed by atoms with Crippen LogP contribution in [0.3, 0.4) is 0 Å². The summed E-state index contributed by atoms with van der Waals surface area (Å²) in [6, 6.07) is 8.33. The SMILES string of the molecule is CCNC(=NCCc1ccc(-c2nc(CC)no2)cc1)N1CCCC(C)C1. The van der Waals surface area contributed by atoms with Gasteiger partial charge in [-0.05, 0) is 49.8 Å². The van der Waals surface area contributed by atoms with Crippen LogP contribution in [0.15, 0.2) is 33.8 Å². The molecule has 2 aromatic rings. The Bertz CT molecular complexity index is 737. The third kappa shape index (κ3) is 5.31. The van der Waals surface area contributed by atoms with Gasteiger partial charge in [0.1, 0.15) is 0 Å². The second-order valence-corrected chi connectivity index (χ2v) is 7.25. The second-order valence-electron chi connectivity index (χ2n) is 7.25. The molecule has 2 heterocycles. The van der Waals surface area contributed by atoms with E-state index in [4.69, 9.17) is 9.52 Å². The zero-order chi connectivity index (χ0) is 19.1. The molecule has 6 heteroatoms. The lowest BCUT2D eigenvalue weighted by atomic mass is 10.0. The van der Waals surface area contributed by atoms with Gasteiger partial charge < -0.3 is 14.7 Å². The van der Waals surface area contributed by atoms with Crippen molar-refractivity contribution in [2.75, 3.05) is 26.2 Å². The first-order valence-corrected chi connectivity index (χ1v) is 10.1. The number of guanidine groups is 1. The Morgan fingerprint density at radius 3 is 2.78 bits per heavy atom. The highest BCUT2D eigenvalue weighted by molar-refractivity contribution is 5.80. The molecule has 1 atom stereocenters. The average molecular weight is 370 g/mol. The van der Waals surface area contributed by atoms with Crippen LogP contribution in [0.4, 0.5) is 0 Å². The van der Waals surface area contributed by atoms with E-state index in [1.54, 1.807) is 0 Å². The molecule has 0 bridgehead atoms. The van der Waals surface area contributed by atoms with E-state index in [0.717, 1.165) is 62.3 Å². The Hall–Kier alpha value is -2.37. The van der Waals surface area contributed by atoms with Gasteiger partial charge in [0.05, 0.1) is 0 Å². The van der Waals surface area contributed by atoms with Crippen molar-refractivity contribution in [2.24, 2.45) is 10.9 Å². The van der Waals surface area contributed by atoms with Gasteiger partial charge in [-0.15, -0.1) is 0 Å². The van der Waals surface area contributed by atoms with Gasteiger partial charge in [-0.1, -0.05) is 31.1 Å². The Labute approximate surface area is 162 Å². The molecule has 1 unspecified atom stereocenters. The number of likely N-dealkylation sites (tertiary alicyclic amines) is 1. The van der Waals surface area contributed by atoms with Crippen LogP contribution in [0.5, 0.6) is 0 Å². The van der Waals surface area contributed by atoms with Crippen LogP contribution in [-0.2, 0) is 12.8 Å². The standard InChI is InChI=1S/C21H31N5O/c1-4-19-24-20(27-25-19)18-10-8-17(9-11-18)12-13-23-21(22-5-2)26-14-6-7-16(3)15-26/h8-11,16H,4-7,12-15H2,1-3H3,(H,22,23). The van der Waals surface area contributed by atoms with Gasteiger partial charge in [0.15, 0.2) is 11.8 Å². The summed E-state index contributed by atoms with van der Waals surface area (Å²) in [5.74, 6) is 3.13. The minimum atomic E-state index is 0.588. The number of hydrogen-bond acceptors (Lipinski definition) is 4. The molecule has 0 radical (unpaired) electrons. The average Bonchev–Trinajstić information content (AvgIpc) is 3.17. The molecule has 0 aliphatic carbocycles. The Morgan fingerprint density at radius 1 is 1.30 bits per heavy atom. The van der Waals surface area contributed by atoms with Gasteiger partial charge in [-0.2, -0.15) is 4.98 Å². The van der Waals surface area contributed by atoms with Gasteiger partial charge in [0, 0.05) is 38.2 Å². The maximum Gasteiger partial charge on any atom is 0.257 e. The number of piperidine rings is 1. The van der Waals surface area contributed by atoms with Crippen molar-refractivity contribution < 1.29 is 4.52 Å². The highest BCUT2D eigenvalue weighted by Gasteiger charge is 2.18. The van der Waals surface area contributed by atoms with E-state index in [-0.39, 0.29) is 0 Å². The summed E-state index contributed by atoms with van der Waals surface area (Å²) >= 11 is 0. The Balaban J connectivity index is 1.58. The molecule has 6 nitrogen and oxygen atoms in total. The van der Waals surface area contributed by atoms with E-state index in [2.05, 4.69) is 46.3 Å². The first-order chi connectivity index (χ1) is 13.2. The molecule has 27 heavy (non-hydrogen) atoms. The van der Waals surface area contributed by atoms with Gasteiger partial charge in [-0.25, -0.2) is 0 Å². The van der Waals surface area contributed by atoms with E-state index in [0.29, 0.717) is 5.89 Å². The summed E-state index contributed by atoms with van der Waals surface area (Å²) in [4.78, 5) is 11.6. The number of nitrogens with one attached hydrogen (secondary N) is 1. The number of benzene rings is 1. The van der Waals surface area contributed by atoms with Crippen molar-refractivity contribution >= 4 is 5.96 Å². The predicted molar refractivity (Wildman–Crippen MR) is 109 cm³/mol. The molecule has 1 N–H and O–H groups in total. The molecular weight excluding hydrogens is 338 g/mol. The van der Waals surface area contributed by atoms with Crippen molar-refractivity contribution in [3.63, 3.8) is 0 Å². The molecule has 0 amide bonds. The van der Waals surface area contributed by atoms with Gasteiger partial charge in [0.25, 0.3) is 5.89 Å². The summed E-state index contributed by atoms with van der Waals surface area (Å²) in [6.45, 7) is 10.4. The summed E-state index contributed by atoms with van der Waals surface area (Å²) in [7, 11) is 0. The highest BCUT2D eigenvalue weighted by atomic mass is 16.5. The summed E-state index contributed by atoms with van der Waals surface area (Å²) in [5, 5.41) is 7.40. The van der Waals surface area contributed by atoms with Gasteiger partial charge >= 0.3 is 0 Å². The van der Waals surface area contributed by atoms with Crippen LogP contribution in [0.2, 0.25) is 0 Å². The van der Waals surface area contributed by atoms with E-state index >= 15 is 0 Å². The summed E-state index contributed by atoms with van der Waals surface area (Å²) < 4.78 is 5.30. The normalized spacial score (nSPS) is 18.0. The van der Waals surface area contributed by atoms with Crippen LogP contribution in [0, 0.1) is 5.92 Å². The molecule has 0 spiro atoms. The zero-order valence-corrected chi connectivity index (χ0v) is 16.7. The highest BCUT2D eigenvalue weighted by Crippen LogP contribution is 2.18. The molecule has 1 aromatic heterocycles. The van der Waals surface area contributed by atoms with Crippen LogP contribution in [0.25, 0.3) is 11.5 Å². The van der Waals surface area contributed by atoms with E-state index < -0.39 is 0 Å². The van der Waals surface area contributed by atoms with E-state index in [9.17, 15) is 0 Å². The minimum absolute atomic E-state index is 0.588. The zero-order valence-electron chi connectivity index (χ0n) is 16.7. The summed E-state index contributed by atoms with van der Waals surface area (Å²) in [5.41, 5.74) is 2.23. The topological polar surface area (TPSA) is 66.5 Å². The van der Waals surface area contributed by atoms with Crippen LogP contribution >= 0.6 is 0 Å². The lowest BCUT2D eigenvalue weighted by Crippen LogP contribution is -2.46. The molecule has 1 aliphatic heterocycles. The Morgan fingerprint density at radius 2 is 2.11 bits per heavy atom. The molecule has 1 saturated heterocycles.